The first kappa shape index (κ1) is 18.9. The molecular formula is C21H23ClN2O4. The smallest absolute Gasteiger partial charge is 0.267 e. The van der Waals surface area contributed by atoms with Crippen LogP contribution in [0.3, 0.4) is 0 Å². The van der Waals surface area contributed by atoms with Crippen molar-refractivity contribution >= 4 is 17.5 Å². The van der Waals surface area contributed by atoms with Gasteiger partial charge in [0.2, 0.25) is 6.10 Å². The molecule has 2 heterocycles. The lowest BCUT2D eigenvalue weighted by atomic mass is 10.1. The van der Waals surface area contributed by atoms with Gasteiger partial charge in [-0.15, -0.1) is 0 Å². The second-order valence-corrected chi connectivity index (χ2v) is 7.36. The zero-order valence-corrected chi connectivity index (χ0v) is 16.5. The number of benzene rings is 2. The van der Waals surface area contributed by atoms with E-state index in [4.69, 9.17) is 25.8 Å². The first-order valence-corrected chi connectivity index (χ1v) is 9.74. The maximum Gasteiger partial charge on any atom is 0.267 e. The standard InChI is InChI=1S/C21H23ClN2O4/c1-26-17-7-6-16(22)12-15(17)13-23-8-10-24(11-9-23)21(25)20-14-27-18-4-2-3-5-19(18)28-20/h2-7,12,20H,8-11,13-14H2,1H3. The van der Waals surface area contributed by atoms with Gasteiger partial charge in [0.25, 0.3) is 5.91 Å². The Kier molecular flexibility index (Phi) is 5.59. The molecule has 2 aromatic carbocycles. The number of methoxy groups -OCH3 is 1. The number of halogens is 1. The van der Waals surface area contributed by atoms with Gasteiger partial charge in [-0.1, -0.05) is 23.7 Å². The fraction of sp³-hybridized carbons (Fsp3) is 0.381. The average Bonchev–Trinajstić information content (AvgIpc) is 2.73. The van der Waals surface area contributed by atoms with E-state index in [9.17, 15) is 4.79 Å². The number of carbonyl (C=O) groups excluding carboxylic acids is 1. The molecule has 6 nitrogen and oxygen atoms in total. The number of fused-ring (bicyclic) bond motifs is 1. The Bertz CT molecular complexity index is 852. The maximum atomic E-state index is 12.8. The third kappa shape index (κ3) is 4.03. The maximum absolute atomic E-state index is 12.8. The second kappa shape index (κ2) is 8.29. The molecule has 4 rings (SSSR count). The fourth-order valence-electron chi connectivity index (χ4n) is 3.58. The predicted octanol–water partition coefficient (Wildman–Crippen LogP) is 2.83. The molecule has 2 aliphatic rings. The monoisotopic (exact) mass is 402 g/mol. The van der Waals surface area contributed by atoms with Gasteiger partial charge >= 0.3 is 0 Å². The molecule has 1 atom stereocenters. The minimum Gasteiger partial charge on any atom is -0.496 e. The lowest BCUT2D eigenvalue weighted by molar-refractivity contribution is -0.143. The van der Waals surface area contributed by atoms with Crippen molar-refractivity contribution in [3.05, 3.63) is 53.1 Å². The van der Waals surface area contributed by atoms with E-state index >= 15 is 0 Å². The van der Waals surface area contributed by atoms with Crippen LogP contribution in [0.2, 0.25) is 5.02 Å². The first-order chi connectivity index (χ1) is 13.6. The Morgan fingerprint density at radius 3 is 2.64 bits per heavy atom. The van der Waals surface area contributed by atoms with Crippen LogP contribution in [0.5, 0.6) is 17.2 Å². The predicted molar refractivity (Wildman–Crippen MR) is 106 cm³/mol. The lowest BCUT2D eigenvalue weighted by Crippen LogP contribution is -2.53. The van der Waals surface area contributed by atoms with Crippen molar-refractivity contribution in [1.82, 2.24) is 9.80 Å². The molecule has 7 heteroatoms. The minimum absolute atomic E-state index is 0.0190. The van der Waals surface area contributed by atoms with E-state index < -0.39 is 6.10 Å². The number of rotatable bonds is 4. The summed E-state index contributed by atoms with van der Waals surface area (Å²) in [7, 11) is 1.66. The van der Waals surface area contributed by atoms with Gasteiger partial charge in [-0.25, -0.2) is 0 Å². The topological polar surface area (TPSA) is 51.2 Å². The highest BCUT2D eigenvalue weighted by molar-refractivity contribution is 6.30. The van der Waals surface area contributed by atoms with E-state index in [0.29, 0.717) is 29.6 Å². The molecule has 1 unspecified atom stereocenters. The molecule has 2 aromatic rings. The molecule has 28 heavy (non-hydrogen) atoms. The Labute approximate surface area is 169 Å². The summed E-state index contributed by atoms with van der Waals surface area (Å²) in [6.07, 6.45) is -0.588. The fourth-order valence-corrected chi connectivity index (χ4v) is 3.78. The van der Waals surface area contributed by atoms with Crippen LogP contribution in [0, 0.1) is 0 Å². The molecule has 0 spiro atoms. The van der Waals surface area contributed by atoms with Crippen LogP contribution < -0.4 is 14.2 Å². The summed E-state index contributed by atoms with van der Waals surface area (Å²) in [5, 5.41) is 0.694. The zero-order chi connectivity index (χ0) is 19.5. The van der Waals surface area contributed by atoms with Gasteiger partial charge in [0.05, 0.1) is 7.11 Å². The summed E-state index contributed by atoms with van der Waals surface area (Å²) in [6, 6.07) is 13.1. The number of ether oxygens (including phenoxy) is 3. The van der Waals surface area contributed by atoms with Crippen molar-refractivity contribution in [3.8, 4) is 17.2 Å². The molecule has 1 fully saturated rings. The van der Waals surface area contributed by atoms with E-state index in [2.05, 4.69) is 4.90 Å². The van der Waals surface area contributed by atoms with Gasteiger partial charge in [0, 0.05) is 43.3 Å². The van der Waals surface area contributed by atoms with E-state index in [-0.39, 0.29) is 12.5 Å². The van der Waals surface area contributed by atoms with Gasteiger partial charge in [0.15, 0.2) is 11.5 Å². The summed E-state index contributed by atoms with van der Waals surface area (Å²) in [4.78, 5) is 17.0. The SMILES string of the molecule is COc1ccc(Cl)cc1CN1CCN(C(=O)C2COc3ccccc3O2)CC1. The van der Waals surface area contributed by atoms with Gasteiger partial charge < -0.3 is 19.1 Å². The molecule has 0 bridgehead atoms. The number of hydrogen-bond donors (Lipinski definition) is 0. The largest absolute Gasteiger partial charge is 0.496 e. The summed E-state index contributed by atoms with van der Waals surface area (Å²) in [5.41, 5.74) is 1.05. The summed E-state index contributed by atoms with van der Waals surface area (Å²) in [6.45, 7) is 3.86. The third-order valence-corrected chi connectivity index (χ3v) is 5.34. The van der Waals surface area contributed by atoms with Crippen molar-refractivity contribution in [1.29, 1.82) is 0 Å². The van der Waals surface area contributed by atoms with Crippen LogP contribution in [-0.4, -0.2) is 61.7 Å². The van der Waals surface area contributed by atoms with Crippen molar-refractivity contribution in [2.75, 3.05) is 39.9 Å². The average molecular weight is 403 g/mol. The molecule has 0 aliphatic carbocycles. The minimum atomic E-state index is -0.588. The van der Waals surface area contributed by atoms with Crippen LogP contribution in [0.1, 0.15) is 5.56 Å². The van der Waals surface area contributed by atoms with Crippen LogP contribution in [0.4, 0.5) is 0 Å². The van der Waals surface area contributed by atoms with Crippen LogP contribution >= 0.6 is 11.6 Å². The highest BCUT2D eigenvalue weighted by atomic mass is 35.5. The first-order valence-electron chi connectivity index (χ1n) is 9.36. The number of hydrogen-bond acceptors (Lipinski definition) is 5. The number of amides is 1. The Hall–Kier alpha value is -2.44. The van der Waals surface area contributed by atoms with Crippen LogP contribution in [-0.2, 0) is 11.3 Å². The quantitative estimate of drug-likeness (QED) is 0.787. The highest BCUT2D eigenvalue weighted by Gasteiger charge is 2.32. The van der Waals surface area contributed by atoms with E-state index in [1.165, 1.54) is 0 Å². The van der Waals surface area contributed by atoms with Crippen molar-refractivity contribution in [3.63, 3.8) is 0 Å². The van der Waals surface area contributed by atoms with E-state index in [1.807, 2.05) is 47.4 Å². The van der Waals surface area contributed by atoms with Crippen molar-refractivity contribution in [2.45, 2.75) is 12.6 Å². The van der Waals surface area contributed by atoms with Crippen LogP contribution in [0.25, 0.3) is 0 Å². The highest BCUT2D eigenvalue weighted by Crippen LogP contribution is 2.31. The van der Waals surface area contributed by atoms with E-state index in [0.717, 1.165) is 30.9 Å². The van der Waals surface area contributed by atoms with Crippen LogP contribution in [0.15, 0.2) is 42.5 Å². The van der Waals surface area contributed by atoms with Gasteiger partial charge in [0.1, 0.15) is 12.4 Å². The molecule has 2 aliphatic heterocycles. The summed E-state index contributed by atoms with van der Waals surface area (Å²) < 4.78 is 17.0. The molecule has 1 amide bonds. The normalized spacial score (nSPS) is 19.4. The van der Waals surface area contributed by atoms with Gasteiger partial charge in [-0.05, 0) is 30.3 Å². The van der Waals surface area contributed by atoms with Gasteiger partial charge in [-0.3, -0.25) is 9.69 Å². The molecular weight excluding hydrogens is 380 g/mol. The summed E-state index contributed by atoms with van der Waals surface area (Å²) in [5.74, 6) is 2.12. The Morgan fingerprint density at radius 1 is 1.14 bits per heavy atom. The Balaban J connectivity index is 1.33. The Morgan fingerprint density at radius 2 is 1.89 bits per heavy atom. The van der Waals surface area contributed by atoms with Crippen molar-refractivity contribution < 1.29 is 19.0 Å². The second-order valence-electron chi connectivity index (χ2n) is 6.92. The number of piperazine rings is 1. The molecule has 0 radical (unpaired) electrons. The molecule has 0 saturated carbocycles. The van der Waals surface area contributed by atoms with Gasteiger partial charge in [-0.2, -0.15) is 0 Å². The van der Waals surface area contributed by atoms with Crippen molar-refractivity contribution in [2.24, 2.45) is 0 Å². The van der Waals surface area contributed by atoms with E-state index in [1.54, 1.807) is 7.11 Å². The third-order valence-electron chi connectivity index (χ3n) is 5.10. The lowest BCUT2D eigenvalue weighted by Gasteiger charge is -2.37. The zero-order valence-electron chi connectivity index (χ0n) is 15.8. The molecule has 0 N–H and O–H groups in total. The number of nitrogens with zero attached hydrogens (tertiary/aromatic N) is 2. The molecule has 1 saturated heterocycles. The molecule has 0 aromatic heterocycles. The summed E-state index contributed by atoms with van der Waals surface area (Å²) >= 11 is 6.13. The molecule has 148 valence electrons. The number of carbonyl (C=O) groups is 1. The number of para-hydroxylation sites is 2.